The third kappa shape index (κ3) is 11.8. The van der Waals surface area contributed by atoms with Crippen molar-refractivity contribution in [1.29, 1.82) is 0 Å². The Morgan fingerprint density at radius 2 is 1.61 bits per heavy atom. The van der Waals surface area contributed by atoms with E-state index in [4.69, 9.17) is 4.99 Å². The summed E-state index contributed by atoms with van der Waals surface area (Å²) in [5.74, 6) is 1.55. The Labute approximate surface area is 191 Å². The molecule has 1 atom stereocenters. The van der Waals surface area contributed by atoms with Gasteiger partial charge in [0, 0.05) is 71.0 Å². The minimum atomic E-state index is 0. The van der Waals surface area contributed by atoms with Crippen molar-refractivity contribution >= 4 is 29.9 Å². The van der Waals surface area contributed by atoms with Crippen molar-refractivity contribution < 1.29 is 0 Å². The molecule has 7 heteroatoms. The van der Waals surface area contributed by atoms with Gasteiger partial charge in [0.05, 0.1) is 0 Å². The van der Waals surface area contributed by atoms with Gasteiger partial charge in [0.2, 0.25) is 0 Å². The van der Waals surface area contributed by atoms with Crippen molar-refractivity contribution in [1.82, 2.24) is 25.3 Å². The molecule has 6 nitrogen and oxygen atoms in total. The second kappa shape index (κ2) is 15.7. The van der Waals surface area contributed by atoms with Gasteiger partial charge >= 0.3 is 0 Å². The maximum absolute atomic E-state index is 4.82. The van der Waals surface area contributed by atoms with Gasteiger partial charge in [0.25, 0.3) is 0 Å². The molecular weight excluding hydrogens is 463 g/mol. The minimum absolute atomic E-state index is 0. The SMILES string of the molecule is CCNC(=NCC(C)CN1CCN(C)CC1)NCCCN(C(C)C)C(C)C.I. The van der Waals surface area contributed by atoms with Gasteiger partial charge in [-0.25, -0.2) is 0 Å². The van der Waals surface area contributed by atoms with E-state index in [-0.39, 0.29) is 24.0 Å². The van der Waals surface area contributed by atoms with Crippen molar-refractivity contribution in [2.24, 2.45) is 10.9 Å². The molecule has 1 saturated heterocycles. The fourth-order valence-corrected chi connectivity index (χ4v) is 3.70. The van der Waals surface area contributed by atoms with Crippen LogP contribution in [0.2, 0.25) is 0 Å². The molecule has 0 amide bonds. The minimum Gasteiger partial charge on any atom is -0.357 e. The van der Waals surface area contributed by atoms with Crippen LogP contribution in [-0.4, -0.2) is 98.7 Å². The smallest absolute Gasteiger partial charge is 0.191 e. The van der Waals surface area contributed by atoms with Gasteiger partial charge in [-0.15, -0.1) is 24.0 Å². The predicted molar refractivity (Wildman–Crippen MR) is 134 cm³/mol. The number of nitrogens with zero attached hydrogens (tertiary/aromatic N) is 4. The Morgan fingerprint density at radius 3 is 2.14 bits per heavy atom. The van der Waals surface area contributed by atoms with Crippen LogP contribution in [0.1, 0.15) is 48.0 Å². The van der Waals surface area contributed by atoms with Crippen LogP contribution in [0.3, 0.4) is 0 Å². The van der Waals surface area contributed by atoms with Crippen molar-refractivity contribution in [2.75, 3.05) is 66.0 Å². The number of guanidine groups is 1. The molecule has 1 fully saturated rings. The molecule has 168 valence electrons. The molecule has 0 aromatic rings. The highest BCUT2D eigenvalue weighted by Crippen LogP contribution is 2.06. The lowest BCUT2D eigenvalue weighted by Gasteiger charge is -2.33. The van der Waals surface area contributed by atoms with Crippen LogP contribution in [0.15, 0.2) is 4.99 Å². The molecule has 1 rings (SSSR count). The standard InChI is InChI=1S/C21H46N6.HI/c1-8-22-21(23-10-9-11-27(18(2)3)19(4)5)24-16-20(6)17-26-14-12-25(7)13-15-26;/h18-20H,8-17H2,1-7H3,(H2,22,23,24);1H. The van der Waals surface area contributed by atoms with E-state index in [2.05, 4.69) is 73.9 Å². The zero-order valence-corrected chi connectivity index (χ0v) is 21.8. The first kappa shape index (κ1) is 27.9. The molecule has 1 aliphatic heterocycles. The van der Waals surface area contributed by atoms with Crippen molar-refractivity contribution in [3.63, 3.8) is 0 Å². The molecule has 1 heterocycles. The van der Waals surface area contributed by atoms with E-state index in [1.54, 1.807) is 0 Å². The molecular formula is C21H47IN6. The van der Waals surface area contributed by atoms with Crippen LogP contribution >= 0.6 is 24.0 Å². The summed E-state index contributed by atoms with van der Waals surface area (Å²) in [6.07, 6.45) is 1.14. The molecule has 28 heavy (non-hydrogen) atoms. The highest BCUT2D eigenvalue weighted by atomic mass is 127. The number of halogens is 1. The molecule has 2 N–H and O–H groups in total. The number of hydrogen-bond donors (Lipinski definition) is 2. The maximum atomic E-state index is 4.82. The third-order valence-electron chi connectivity index (χ3n) is 5.28. The van der Waals surface area contributed by atoms with E-state index in [0.29, 0.717) is 18.0 Å². The van der Waals surface area contributed by atoms with Gasteiger partial charge in [-0.05, 0) is 54.0 Å². The normalized spacial score (nSPS) is 17.9. The summed E-state index contributed by atoms with van der Waals surface area (Å²) in [5.41, 5.74) is 0. The van der Waals surface area contributed by atoms with E-state index >= 15 is 0 Å². The molecule has 0 bridgehead atoms. The lowest BCUT2D eigenvalue weighted by molar-refractivity contribution is 0.140. The molecule has 0 aliphatic carbocycles. The van der Waals surface area contributed by atoms with Crippen LogP contribution in [0.5, 0.6) is 0 Å². The molecule has 0 spiro atoms. The highest BCUT2D eigenvalue weighted by molar-refractivity contribution is 14.0. The molecule has 0 aromatic heterocycles. The number of rotatable bonds is 11. The lowest BCUT2D eigenvalue weighted by Crippen LogP contribution is -2.46. The second-order valence-corrected chi connectivity index (χ2v) is 8.63. The first-order valence-electron chi connectivity index (χ1n) is 11.0. The van der Waals surface area contributed by atoms with Crippen molar-refractivity contribution in [3.8, 4) is 0 Å². The van der Waals surface area contributed by atoms with Gasteiger partial charge in [-0.1, -0.05) is 6.92 Å². The Bertz CT molecular complexity index is 400. The molecule has 0 saturated carbocycles. The summed E-state index contributed by atoms with van der Waals surface area (Å²) >= 11 is 0. The fourth-order valence-electron chi connectivity index (χ4n) is 3.70. The average molecular weight is 511 g/mol. The molecule has 1 aliphatic rings. The molecule has 0 aromatic carbocycles. The van der Waals surface area contributed by atoms with E-state index in [0.717, 1.165) is 45.1 Å². The average Bonchev–Trinajstić information content (AvgIpc) is 2.60. The van der Waals surface area contributed by atoms with Gasteiger partial charge in [0.15, 0.2) is 5.96 Å². The van der Waals surface area contributed by atoms with E-state index in [1.807, 2.05) is 0 Å². The number of likely N-dealkylation sites (N-methyl/N-ethyl adjacent to an activating group) is 1. The van der Waals surface area contributed by atoms with Gasteiger partial charge < -0.3 is 20.4 Å². The van der Waals surface area contributed by atoms with Crippen LogP contribution in [0.25, 0.3) is 0 Å². The van der Waals surface area contributed by atoms with Crippen molar-refractivity contribution in [2.45, 2.75) is 60.0 Å². The van der Waals surface area contributed by atoms with Gasteiger partial charge in [0.1, 0.15) is 0 Å². The summed E-state index contributed by atoms with van der Waals surface area (Å²) in [4.78, 5) is 12.4. The van der Waals surface area contributed by atoms with E-state index in [1.165, 1.54) is 26.2 Å². The van der Waals surface area contributed by atoms with Gasteiger partial charge in [-0.2, -0.15) is 0 Å². The van der Waals surface area contributed by atoms with Crippen LogP contribution in [0, 0.1) is 5.92 Å². The number of aliphatic imine (C=N–C) groups is 1. The summed E-state index contributed by atoms with van der Waals surface area (Å²) in [6, 6.07) is 1.20. The zero-order valence-electron chi connectivity index (χ0n) is 19.5. The monoisotopic (exact) mass is 510 g/mol. The first-order valence-corrected chi connectivity index (χ1v) is 11.0. The summed E-state index contributed by atoms with van der Waals surface area (Å²) in [6.45, 7) is 23.3. The fraction of sp³-hybridized carbons (Fsp3) is 0.952. The quantitative estimate of drug-likeness (QED) is 0.194. The summed E-state index contributed by atoms with van der Waals surface area (Å²) in [7, 11) is 2.21. The van der Waals surface area contributed by atoms with Crippen molar-refractivity contribution in [3.05, 3.63) is 0 Å². The maximum Gasteiger partial charge on any atom is 0.191 e. The molecule has 1 unspecified atom stereocenters. The molecule has 0 radical (unpaired) electrons. The largest absolute Gasteiger partial charge is 0.357 e. The zero-order chi connectivity index (χ0) is 20.2. The Kier molecular flexibility index (Phi) is 15.6. The number of hydrogen-bond acceptors (Lipinski definition) is 4. The van der Waals surface area contributed by atoms with Crippen LogP contribution in [-0.2, 0) is 0 Å². The first-order chi connectivity index (χ1) is 12.8. The topological polar surface area (TPSA) is 46.1 Å². The lowest BCUT2D eigenvalue weighted by atomic mass is 10.1. The highest BCUT2D eigenvalue weighted by Gasteiger charge is 2.16. The Morgan fingerprint density at radius 1 is 1.00 bits per heavy atom. The van der Waals surface area contributed by atoms with E-state index in [9.17, 15) is 0 Å². The third-order valence-corrected chi connectivity index (χ3v) is 5.28. The second-order valence-electron chi connectivity index (χ2n) is 8.63. The Hall–Kier alpha value is -0.120. The van der Waals surface area contributed by atoms with E-state index < -0.39 is 0 Å². The summed E-state index contributed by atoms with van der Waals surface area (Å²) in [5, 5.41) is 6.90. The van der Waals surface area contributed by atoms with Gasteiger partial charge in [-0.3, -0.25) is 9.89 Å². The van der Waals surface area contributed by atoms with Crippen LogP contribution in [0.4, 0.5) is 0 Å². The Balaban J connectivity index is 0.00000729. The predicted octanol–water partition coefficient (Wildman–Crippen LogP) is 2.55. The number of piperazine rings is 1. The number of nitrogens with one attached hydrogen (secondary N) is 2. The summed E-state index contributed by atoms with van der Waals surface area (Å²) < 4.78 is 0. The van der Waals surface area contributed by atoms with Crippen LogP contribution < -0.4 is 10.6 Å².